The lowest BCUT2D eigenvalue weighted by atomic mass is 9.76. The van der Waals surface area contributed by atoms with Crippen LogP contribution in [0, 0.1) is 12.8 Å². The van der Waals surface area contributed by atoms with E-state index >= 15 is 0 Å². The van der Waals surface area contributed by atoms with Crippen molar-refractivity contribution >= 4 is 17.6 Å². The topological polar surface area (TPSA) is 128 Å². The number of hydrogen-bond acceptors (Lipinski definition) is 8. The zero-order valence-electron chi connectivity index (χ0n) is 28.3. The highest BCUT2D eigenvalue weighted by atomic mass is 16.5. The summed E-state index contributed by atoms with van der Waals surface area (Å²) in [7, 11) is 5.26. The second kappa shape index (κ2) is 14.6. The molecular weight excluding hydrogens is 622 g/mol. The molecule has 2 saturated heterocycles. The maximum absolute atomic E-state index is 13.4. The summed E-state index contributed by atoms with van der Waals surface area (Å²) < 4.78 is 19.0. The van der Waals surface area contributed by atoms with E-state index in [4.69, 9.17) is 14.2 Å². The van der Waals surface area contributed by atoms with Gasteiger partial charge in [-0.15, -0.1) is 0 Å². The van der Waals surface area contributed by atoms with E-state index in [-0.39, 0.29) is 12.3 Å². The first-order valence-corrected chi connectivity index (χ1v) is 16.6. The first-order chi connectivity index (χ1) is 23.7. The highest BCUT2D eigenvalue weighted by molar-refractivity contribution is 5.86. The molecule has 2 aliphatic rings. The zero-order valence-corrected chi connectivity index (χ0v) is 28.3. The molecule has 3 heterocycles. The molecule has 256 valence electrons. The Labute approximate surface area is 286 Å². The first kappa shape index (κ1) is 33.9. The minimum Gasteiger partial charge on any atom is -0.497 e. The Bertz CT molecular complexity index is 1790. The molecule has 0 bridgehead atoms. The first-order valence-electron chi connectivity index (χ1n) is 16.6. The summed E-state index contributed by atoms with van der Waals surface area (Å²) in [6, 6.07) is 25.9. The van der Waals surface area contributed by atoms with Crippen molar-refractivity contribution in [2.75, 3.05) is 34.4 Å². The Morgan fingerprint density at radius 3 is 2.16 bits per heavy atom. The number of methoxy groups -OCH3 is 2. The van der Waals surface area contributed by atoms with Crippen molar-refractivity contribution in [2.24, 2.45) is 10.9 Å². The third kappa shape index (κ3) is 7.09. The van der Waals surface area contributed by atoms with Crippen LogP contribution in [0.5, 0.6) is 11.5 Å². The summed E-state index contributed by atoms with van der Waals surface area (Å²) in [6.07, 6.45) is 2.62. The normalized spacial score (nSPS) is 20.1. The van der Waals surface area contributed by atoms with Crippen LogP contribution in [0.3, 0.4) is 0 Å². The summed E-state index contributed by atoms with van der Waals surface area (Å²) in [6.45, 7) is 3.09. The Morgan fingerprint density at radius 1 is 1.00 bits per heavy atom. The Balaban J connectivity index is 1.36. The number of amidine groups is 1. The number of ether oxygens (including phenoxy) is 3. The van der Waals surface area contributed by atoms with E-state index in [1.165, 1.54) is 4.57 Å². The predicted octanol–water partition coefficient (Wildman–Crippen LogP) is 5.28. The molecule has 3 atom stereocenters. The summed E-state index contributed by atoms with van der Waals surface area (Å²) in [4.78, 5) is 36.5. The average molecular weight is 666 g/mol. The second-order valence-electron chi connectivity index (χ2n) is 12.7. The van der Waals surface area contributed by atoms with Crippen molar-refractivity contribution < 1.29 is 24.1 Å². The molecule has 2 N–H and O–H groups in total. The second-order valence-corrected chi connectivity index (χ2v) is 12.7. The quantitative estimate of drug-likeness (QED) is 0.194. The lowest BCUT2D eigenvalue weighted by Crippen LogP contribution is -2.48. The van der Waals surface area contributed by atoms with Gasteiger partial charge in [-0.25, -0.2) is 9.79 Å². The fourth-order valence-electron chi connectivity index (χ4n) is 6.98. The van der Waals surface area contributed by atoms with Crippen LogP contribution in [-0.2, 0) is 15.1 Å². The largest absolute Gasteiger partial charge is 0.497 e. The number of nitrogens with zero attached hydrogens (tertiary/aromatic N) is 4. The van der Waals surface area contributed by atoms with Crippen LogP contribution in [0.25, 0.3) is 0 Å². The van der Waals surface area contributed by atoms with Crippen LogP contribution in [0.2, 0.25) is 0 Å². The van der Waals surface area contributed by atoms with Crippen molar-refractivity contribution in [2.45, 2.75) is 50.5 Å². The van der Waals surface area contributed by atoms with Gasteiger partial charge >= 0.3 is 11.7 Å². The maximum Gasteiger partial charge on any atom is 0.351 e. The molecule has 11 heteroatoms. The minimum absolute atomic E-state index is 0.106. The number of aliphatic carboxylic acids is 1. The van der Waals surface area contributed by atoms with Gasteiger partial charge in [-0.2, -0.15) is 4.98 Å². The SMILES string of the molecule is COc1ccc(C(NC[C@H]2O[C@@H](n3cc(C)c(N=C4CCCN4C)nc3=O)C[C@@H]2CC(=O)O)(c2ccccc2)c2ccc(OC)cc2)cc1. The summed E-state index contributed by atoms with van der Waals surface area (Å²) in [5, 5.41) is 13.7. The molecule has 0 saturated carbocycles. The third-order valence-corrected chi connectivity index (χ3v) is 9.61. The average Bonchev–Trinajstić information content (AvgIpc) is 3.71. The number of carbonyl (C=O) groups is 1. The zero-order chi connectivity index (χ0) is 34.5. The van der Waals surface area contributed by atoms with Gasteiger partial charge in [0.2, 0.25) is 0 Å². The number of aryl methyl sites for hydroxylation is 1. The van der Waals surface area contributed by atoms with Crippen molar-refractivity contribution in [1.82, 2.24) is 19.8 Å². The Hall–Kier alpha value is -5.00. The van der Waals surface area contributed by atoms with Gasteiger partial charge in [0.25, 0.3) is 0 Å². The molecule has 11 nitrogen and oxygen atoms in total. The molecule has 2 aliphatic heterocycles. The van der Waals surface area contributed by atoms with Gasteiger partial charge in [0.05, 0.1) is 32.3 Å². The Morgan fingerprint density at radius 2 is 1.61 bits per heavy atom. The fourth-order valence-corrected chi connectivity index (χ4v) is 6.98. The minimum atomic E-state index is -0.924. The van der Waals surface area contributed by atoms with Crippen LogP contribution < -0.4 is 20.5 Å². The fraction of sp³-hybridized carbons (Fsp3) is 0.368. The van der Waals surface area contributed by atoms with E-state index in [9.17, 15) is 14.7 Å². The van der Waals surface area contributed by atoms with E-state index in [0.29, 0.717) is 18.8 Å². The maximum atomic E-state index is 13.4. The molecule has 6 rings (SSSR count). The smallest absolute Gasteiger partial charge is 0.351 e. The Kier molecular flexibility index (Phi) is 10.1. The number of hydrogen-bond donors (Lipinski definition) is 2. The number of rotatable bonds is 12. The van der Waals surface area contributed by atoms with Gasteiger partial charge in [0, 0.05) is 44.2 Å². The number of likely N-dealkylation sites (tertiary alicyclic amines) is 1. The van der Waals surface area contributed by atoms with Crippen LogP contribution in [0.4, 0.5) is 5.82 Å². The number of nitrogens with one attached hydrogen (secondary N) is 1. The number of carboxylic acid groups (broad SMARTS) is 1. The summed E-state index contributed by atoms with van der Waals surface area (Å²) in [5.41, 5.74) is 2.29. The van der Waals surface area contributed by atoms with E-state index in [2.05, 4.69) is 32.3 Å². The van der Waals surface area contributed by atoms with Crippen molar-refractivity contribution in [3.8, 4) is 11.5 Å². The predicted molar refractivity (Wildman–Crippen MR) is 187 cm³/mol. The molecule has 3 aromatic carbocycles. The molecule has 49 heavy (non-hydrogen) atoms. The van der Waals surface area contributed by atoms with Crippen molar-refractivity contribution in [3.63, 3.8) is 0 Å². The van der Waals surface area contributed by atoms with Gasteiger partial charge < -0.3 is 24.2 Å². The standard InChI is InChI=1S/C38H43N5O6/c1-25-24-43(37(46)41-36(25)40-33-11-8-20-42(33)2)34-21-26(22-35(44)45)32(49-34)23-39-38(27-9-6-5-7-10-27,28-12-16-30(47-3)17-13-28)29-14-18-31(48-4)19-15-29/h5-7,9-10,12-19,24,26,32,34,39H,8,11,20-23H2,1-4H3,(H,44,45)/t26-,32-,34-/m1/s1. The van der Waals surface area contributed by atoms with Crippen LogP contribution in [0.15, 0.2) is 94.8 Å². The highest BCUT2D eigenvalue weighted by Crippen LogP contribution is 2.40. The van der Waals surface area contributed by atoms with Gasteiger partial charge in [-0.3, -0.25) is 14.7 Å². The van der Waals surface area contributed by atoms with Crippen molar-refractivity contribution in [1.29, 1.82) is 0 Å². The summed E-state index contributed by atoms with van der Waals surface area (Å²) in [5.74, 6) is 1.47. The molecule has 0 amide bonds. The van der Waals surface area contributed by atoms with Crippen LogP contribution in [0.1, 0.15) is 54.2 Å². The lowest BCUT2D eigenvalue weighted by Gasteiger charge is -2.38. The molecule has 4 aromatic rings. The number of aromatic nitrogens is 2. The van der Waals surface area contributed by atoms with E-state index < -0.39 is 29.5 Å². The number of carboxylic acids is 1. The van der Waals surface area contributed by atoms with Crippen LogP contribution >= 0.6 is 0 Å². The highest BCUT2D eigenvalue weighted by Gasteiger charge is 2.42. The van der Waals surface area contributed by atoms with Gasteiger partial charge in [0.15, 0.2) is 5.82 Å². The number of benzene rings is 3. The molecule has 2 fully saturated rings. The molecule has 0 radical (unpaired) electrons. The third-order valence-electron chi connectivity index (χ3n) is 9.61. The number of aliphatic imine (C=N–C) groups is 1. The lowest BCUT2D eigenvalue weighted by molar-refractivity contribution is -0.138. The van der Waals surface area contributed by atoms with Gasteiger partial charge in [-0.1, -0.05) is 54.6 Å². The van der Waals surface area contributed by atoms with E-state index in [1.807, 2.05) is 80.7 Å². The summed E-state index contributed by atoms with van der Waals surface area (Å²) >= 11 is 0. The van der Waals surface area contributed by atoms with Gasteiger partial charge in [-0.05, 0) is 60.7 Å². The molecule has 0 spiro atoms. The van der Waals surface area contributed by atoms with Crippen molar-refractivity contribution in [3.05, 3.63) is 118 Å². The van der Waals surface area contributed by atoms with E-state index in [1.54, 1.807) is 20.4 Å². The monoisotopic (exact) mass is 665 g/mol. The molecule has 1 aromatic heterocycles. The van der Waals surface area contributed by atoms with Gasteiger partial charge in [0.1, 0.15) is 23.6 Å². The van der Waals surface area contributed by atoms with E-state index in [0.717, 1.165) is 59.0 Å². The molecule has 0 unspecified atom stereocenters. The van der Waals surface area contributed by atoms with Crippen LogP contribution in [-0.4, -0.2) is 71.8 Å². The molecule has 0 aliphatic carbocycles. The molecular formula is C38H43N5O6.